The Morgan fingerprint density at radius 2 is 2.17 bits per heavy atom. The van der Waals surface area contributed by atoms with Gasteiger partial charge in [0.05, 0.1) is 5.75 Å². The monoisotopic (exact) mass is 182 g/mol. The van der Waals surface area contributed by atoms with Crippen LogP contribution in [0.1, 0.15) is 5.56 Å². The Balaban J connectivity index is 3.01. The average molecular weight is 182 g/mol. The number of phenolic OH excluding ortho intramolecular Hbond substituents is 1. The predicted molar refractivity (Wildman–Crippen MR) is 48.8 cm³/mol. The first-order valence-electron chi connectivity index (χ1n) is 3.31. The van der Waals surface area contributed by atoms with E-state index in [1.165, 1.54) is 12.1 Å². The second-order valence-corrected chi connectivity index (χ2v) is 2.47. The maximum absolute atomic E-state index is 12.6. The topological polar surface area (TPSA) is 20.2 Å². The highest BCUT2D eigenvalue weighted by molar-refractivity contribution is 7.80. The molecule has 0 radical (unpaired) electrons. The molecule has 0 heterocycles. The molecule has 1 rings (SSSR count). The van der Waals surface area contributed by atoms with Crippen molar-refractivity contribution in [2.75, 3.05) is 5.75 Å². The smallest absolute Gasteiger partial charge is 0.128 e. The van der Waals surface area contributed by atoms with Crippen LogP contribution in [0.4, 0.5) is 4.39 Å². The summed E-state index contributed by atoms with van der Waals surface area (Å²) in [5.41, 5.74) is 0.460. The zero-order valence-electron chi connectivity index (χ0n) is 6.21. The molecule has 12 heavy (non-hydrogen) atoms. The van der Waals surface area contributed by atoms with Gasteiger partial charge >= 0.3 is 0 Å². The van der Waals surface area contributed by atoms with Gasteiger partial charge in [0.15, 0.2) is 0 Å². The Hall–Kier alpha value is -1.14. The van der Waals surface area contributed by atoms with Crippen LogP contribution in [0.2, 0.25) is 0 Å². The first-order valence-corrected chi connectivity index (χ1v) is 3.95. The molecule has 0 saturated carbocycles. The van der Waals surface area contributed by atoms with Gasteiger partial charge < -0.3 is 5.11 Å². The van der Waals surface area contributed by atoms with Gasteiger partial charge in [-0.3, -0.25) is 0 Å². The molecular formula is C9H7FOS. The van der Waals surface area contributed by atoms with E-state index in [0.717, 1.165) is 6.07 Å². The standard InChI is InChI=1S/C9H7FOS/c10-8-4-7(2-1-3-12)5-9(11)6-8/h4-6,11-12H,3H2. The van der Waals surface area contributed by atoms with Gasteiger partial charge in [-0.2, -0.15) is 12.6 Å². The number of phenols is 1. The summed E-state index contributed by atoms with van der Waals surface area (Å²) in [6, 6.07) is 3.70. The molecule has 0 atom stereocenters. The van der Waals surface area contributed by atoms with Gasteiger partial charge in [-0.25, -0.2) is 4.39 Å². The van der Waals surface area contributed by atoms with Gasteiger partial charge in [0, 0.05) is 11.6 Å². The summed E-state index contributed by atoms with van der Waals surface area (Å²) >= 11 is 3.87. The van der Waals surface area contributed by atoms with E-state index in [1.54, 1.807) is 0 Å². The lowest BCUT2D eigenvalue weighted by molar-refractivity contribution is 0.469. The maximum atomic E-state index is 12.6. The first kappa shape index (κ1) is 8.95. The Bertz CT molecular complexity index is 318. The van der Waals surface area contributed by atoms with Crippen molar-refractivity contribution in [1.29, 1.82) is 0 Å². The molecule has 0 aliphatic rings. The minimum absolute atomic E-state index is 0.113. The van der Waals surface area contributed by atoms with Crippen LogP contribution in [0.3, 0.4) is 0 Å². The minimum atomic E-state index is -0.488. The molecule has 3 heteroatoms. The Kier molecular flexibility index (Phi) is 3.01. The van der Waals surface area contributed by atoms with Gasteiger partial charge in [-0.15, -0.1) is 0 Å². The highest BCUT2D eigenvalue weighted by atomic mass is 32.1. The zero-order chi connectivity index (χ0) is 8.97. The number of rotatable bonds is 0. The third kappa shape index (κ3) is 2.48. The summed E-state index contributed by atoms with van der Waals surface area (Å²) in [4.78, 5) is 0. The lowest BCUT2D eigenvalue weighted by Gasteiger charge is -1.93. The van der Waals surface area contributed by atoms with Gasteiger partial charge in [-0.05, 0) is 12.1 Å². The quantitative estimate of drug-likeness (QED) is 0.463. The largest absolute Gasteiger partial charge is 0.508 e. The SMILES string of the molecule is Oc1cc(F)cc(C#CCS)c1. The van der Waals surface area contributed by atoms with Crippen LogP contribution in [0.5, 0.6) is 5.75 Å². The second kappa shape index (κ2) is 4.03. The average Bonchev–Trinajstić information content (AvgIpc) is 1.99. The molecule has 62 valence electrons. The molecule has 0 fully saturated rings. The molecule has 0 amide bonds. The maximum Gasteiger partial charge on any atom is 0.128 e. The van der Waals surface area contributed by atoms with Crippen LogP contribution in [0.25, 0.3) is 0 Å². The molecule has 0 spiro atoms. The van der Waals surface area contributed by atoms with Gasteiger partial charge in [0.1, 0.15) is 11.6 Å². The van der Waals surface area contributed by atoms with Crippen LogP contribution in [0, 0.1) is 17.7 Å². The molecule has 0 aromatic heterocycles. The Morgan fingerprint density at radius 3 is 2.75 bits per heavy atom. The van der Waals surface area contributed by atoms with Crippen LogP contribution in [-0.2, 0) is 0 Å². The molecule has 1 aromatic rings. The van der Waals surface area contributed by atoms with E-state index in [2.05, 4.69) is 24.5 Å². The summed E-state index contributed by atoms with van der Waals surface area (Å²) < 4.78 is 12.6. The van der Waals surface area contributed by atoms with Gasteiger partial charge in [-0.1, -0.05) is 11.8 Å². The molecule has 0 unspecified atom stereocenters. The molecule has 1 N–H and O–H groups in total. The van der Waals surface area contributed by atoms with Crippen LogP contribution >= 0.6 is 12.6 Å². The molecular weight excluding hydrogens is 175 g/mol. The number of halogens is 1. The van der Waals surface area contributed by atoms with Crippen molar-refractivity contribution in [3.63, 3.8) is 0 Å². The van der Waals surface area contributed by atoms with Crippen molar-refractivity contribution in [2.24, 2.45) is 0 Å². The minimum Gasteiger partial charge on any atom is -0.508 e. The van der Waals surface area contributed by atoms with Crippen molar-refractivity contribution in [3.05, 3.63) is 29.6 Å². The molecule has 0 aliphatic carbocycles. The third-order valence-corrected chi connectivity index (χ3v) is 1.35. The number of aromatic hydroxyl groups is 1. The van der Waals surface area contributed by atoms with E-state index in [-0.39, 0.29) is 5.75 Å². The van der Waals surface area contributed by atoms with E-state index < -0.39 is 5.82 Å². The number of hydrogen-bond donors (Lipinski definition) is 2. The normalized spacial score (nSPS) is 8.83. The fraction of sp³-hybridized carbons (Fsp3) is 0.111. The Labute approximate surface area is 75.6 Å². The van der Waals surface area contributed by atoms with Crippen LogP contribution in [0.15, 0.2) is 18.2 Å². The molecule has 1 aromatic carbocycles. The van der Waals surface area contributed by atoms with Crippen molar-refractivity contribution >= 4 is 12.6 Å². The molecule has 0 aliphatic heterocycles. The first-order chi connectivity index (χ1) is 5.72. The second-order valence-electron chi connectivity index (χ2n) is 2.16. The fourth-order valence-corrected chi connectivity index (χ4v) is 0.867. The molecule has 1 nitrogen and oxygen atoms in total. The van der Waals surface area contributed by atoms with Crippen molar-refractivity contribution in [1.82, 2.24) is 0 Å². The lowest BCUT2D eigenvalue weighted by atomic mass is 10.2. The lowest BCUT2D eigenvalue weighted by Crippen LogP contribution is -1.78. The summed E-state index contributed by atoms with van der Waals surface area (Å²) in [5.74, 6) is 5.12. The molecule has 0 bridgehead atoms. The molecule has 0 saturated heterocycles. The van der Waals surface area contributed by atoms with E-state index in [4.69, 9.17) is 5.11 Å². The number of hydrogen-bond acceptors (Lipinski definition) is 2. The van der Waals surface area contributed by atoms with Crippen molar-refractivity contribution < 1.29 is 9.50 Å². The summed E-state index contributed by atoms with van der Waals surface area (Å²) in [6.45, 7) is 0. The fourth-order valence-electron chi connectivity index (χ4n) is 0.788. The van der Waals surface area contributed by atoms with E-state index >= 15 is 0 Å². The highest BCUT2D eigenvalue weighted by Gasteiger charge is 1.95. The zero-order valence-corrected chi connectivity index (χ0v) is 7.11. The van der Waals surface area contributed by atoms with E-state index in [9.17, 15) is 4.39 Å². The number of thiol groups is 1. The summed E-state index contributed by atoms with van der Waals surface area (Å²) in [6.07, 6.45) is 0. The van der Waals surface area contributed by atoms with Gasteiger partial charge in [0.2, 0.25) is 0 Å². The number of benzene rings is 1. The highest BCUT2D eigenvalue weighted by Crippen LogP contribution is 2.13. The summed E-state index contributed by atoms with van der Waals surface area (Å²) in [5, 5.41) is 8.97. The van der Waals surface area contributed by atoms with E-state index in [1.807, 2.05) is 0 Å². The van der Waals surface area contributed by atoms with Gasteiger partial charge in [0.25, 0.3) is 0 Å². The van der Waals surface area contributed by atoms with Crippen LogP contribution < -0.4 is 0 Å². The third-order valence-electron chi connectivity index (χ3n) is 1.19. The van der Waals surface area contributed by atoms with Crippen molar-refractivity contribution in [2.45, 2.75) is 0 Å². The van der Waals surface area contributed by atoms with Crippen molar-refractivity contribution in [3.8, 4) is 17.6 Å². The summed E-state index contributed by atoms with van der Waals surface area (Å²) in [7, 11) is 0. The Morgan fingerprint density at radius 1 is 1.42 bits per heavy atom. The predicted octanol–water partition coefficient (Wildman–Crippen LogP) is 1.81. The van der Waals surface area contributed by atoms with Crippen LogP contribution in [-0.4, -0.2) is 10.9 Å². The van der Waals surface area contributed by atoms with E-state index in [0.29, 0.717) is 11.3 Å².